The van der Waals surface area contributed by atoms with Crippen molar-refractivity contribution >= 4 is 12.3 Å². The fourth-order valence-corrected chi connectivity index (χ4v) is 11.0. The third-order valence-electron chi connectivity index (χ3n) is 12.4. The van der Waals surface area contributed by atoms with E-state index in [0.29, 0.717) is 24.2 Å². The molecule has 0 aromatic carbocycles. The summed E-state index contributed by atoms with van der Waals surface area (Å²) in [5.74, 6) is 1.13. The van der Waals surface area contributed by atoms with Gasteiger partial charge in [0.25, 0.3) is 0 Å². The Morgan fingerprint density at radius 3 is 2.61 bits per heavy atom. The van der Waals surface area contributed by atoms with Crippen LogP contribution in [0.2, 0.25) is 0 Å². The van der Waals surface area contributed by atoms with E-state index in [0.717, 1.165) is 63.6 Å². The van der Waals surface area contributed by atoms with Crippen molar-refractivity contribution in [1.29, 1.82) is 0 Å². The van der Waals surface area contributed by atoms with E-state index in [4.69, 9.17) is 4.74 Å². The third-order valence-corrected chi connectivity index (χ3v) is 12.4. The smallest absolute Gasteiger partial charge is 0.315 e. The van der Waals surface area contributed by atoms with Crippen molar-refractivity contribution in [3.05, 3.63) is 11.6 Å². The number of hydrogen-bond donors (Lipinski definition) is 1. The van der Waals surface area contributed by atoms with Crippen LogP contribution in [-0.2, 0) is 14.3 Å². The monoisotopic (exact) mass is 497 g/mol. The zero-order valence-corrected chi connectivity index (χ0v) is 22.9. The zero-order valence-electron chi connectivity index (χ0n) is 22.9. The number of allylic oxidation sites excluding steroid dienone is 1. The molecule has 36 heavy (non-hydrogen) atoms. The SMILES string of the molecule is CCC1CC(C23C[C@@H]4[C@H](C)CC[C@H]4C4(C=O)CC2C=C(C(C)C)C34C(=O)O)OC1CN1CCCCC1. The van der Waals surface area contributed by atoms with Gasteiger partial charge in [-0.2, -0.15) is 0 Å². The molecule has 0 aromatic heterocycles. The first-order valence-electron chi connectivity index (χ1n) is 15.1. The van der Waals surface area contributed by atoms with Crippen molar-refractivity contribution in [3.63, 3.8) is 0 Å². The van der Waals surface area contributed by atoms with Gasteiger partial charge >= 0.3 is 5.97 Å². The normalized spacial score (nSPS) is 49.9. The molecule has 0 aromatic rings. The minimum Gasteiger partial charge on any atom is -0.481 e. The molecule has 10 atom stereocenters. The fourth-order valence-electron chi connectivity index (χ4n) is 11.0. The number of carboxylic acids is 1. The van der Waals surface area contributed by atoms with Gasteiger partial charge in [0.05, 0.1) is 17.6 Å². The Labute approximate surface area is 217 Å². The van der Waals surface area contributed by atoms with Gasteiger partial charge in [0.1, 0.15) is 11.7 Å². The van der Waals surface area contributed by atoms with Crippen molar-refractivity contribution in [2.24, 2.45) is 51.8 Å². The second-order valence-electron chi connectivity index (χ2n) is 13.8. The van der Waals surface area contributed by atoms with Crippen LogP contribution in [-0.4, -0.2) is 54.1 Å². The summed E-state index contributed by atoms with van der Waals surface area (Å²) < 4.78 is 7.13. The Morgan fingerprint density at radius 1 is 1.22 bits per heavy atom. The molecular weight excluding hydrogens is 450 g/mol. The molecule has 1 N–H and O–H groups in total. The van der Waals surface area contributed by atoms with E-state index in [9.17, 15) is 14.7 Å². The zero-order chi connectivity index (χ0) is 25.5. The maximum absolute atomic E-state index is 13.8. The molecule has 4 bridgehead atoms. The molecule has 2 saturated heterocycles. The number of fused-ring (bicyclic) bond motifs is 2. The fraction of sp³-hybridized carbons (Fsp3) is 0.871. The minimum atomic E-state index is -1.12. The first-order valence-corrected chi connectivity index (χ1v) is 15.1. The molecule has 0 radical (unpaired) electrons. The minimum absolute atomic E-state index is 0.0820. The molecule has 3 saturated carbocycles. The number of aliphatic carboxylic acids is 1. The number of piperidine rings is 1. The largest absolute Gasteiger partial charge is 0.481 e. The highest BCUT2D eigenvalue weighted by Crippen LogP contribution is 2.84. The van der Waals surface area contributed by atoms with Crippen LogP contribution in [0.15, 0.2) is 11.6 Å². The Balaban J connectivity index is 1.45. The van der Waals surface area contributed by atoms with Gasteiger partial charge in [-0.1, -0.05) is 58.6 Å². The van der Waals surface area contributed by atoms with Crippen molar-refractivity contribution in [2.75, 3.05) is 19.6 Å². The van der Waals surface area contributed by atoms with Crippen LogP contribution in [0.3, 0.4) is 0 Å². The Morgan fingerprint density at radius 2 is 1.97 bits per heavy atom. The molecule has 5 fully saturated rings. The molecule has 0 amide bonds. The van der Waals surface area contributed by atoms with Crippen LogP contribution < -0.4 is 0 Å². The van der Waals surface area contributed by atoms with E-state index in [1.807, 2.05) is 0 Å². The van der Waals surface area contributed by atoms with Crippen LogP contribution in [0.4, 0.5) is 0 Å². The lowest BCUT2D eigenvalue weighted by atomic mass is 9.41. The maximum Gasteiger partial charge on any atom is 0.315 e. The summed E-state index contributed by atoms with van der Waals surface area (Å²) >= 11 is 0. The molecule has 6 rings (SSSR count). The number of likely N-dealkylation sites (tertiary alicyclic amines) is 1. The summed E-state index contributed by atoms with van der Waals surface area (Å²) in [5.41, 5.74) is -1.37. The summed E-state index contributed by atoms with van der Waals surface area (Å²) in [6.45, 7) is 12.2. The van der Waals surface area contributed by atoms with Gasteiger partial charge < -0.3 is 19.5 Å². The van der Waals surface area contributed by atoms with Crippen LogP contribution in [0, 0.1) is 51.8 Å². The lowest BCUT2D eigenvalue weighted by Gasteiger charge is -2.60. The highest BCUT2D eigenvalue weighted by Gasteiger charge is 2.86. The Bertz CT molecular complexity index is 939. The lowest BCUT2D eigenvalue weighted by molar-refractivity contribution is -0.197. The van der Waals surface area contributed by atoms with Gasteiger partial charge in [0.15, 0.2) is 0 Å². The number of nitrogens with zero attached hydrogens (tertiary/aromatic N) is 1. The Hall–Kier alpha value is -1.20. The average Bonchev–Trinajstić information content (AvgIpc) is 3.57. The summed E-state index contributed by atoms with van der Waals surface area (Å²) in [7, 11) is 0. The number of aldehydes is 1. The molecule has 4 aliphatic carbocycles. The van der Waals surface area contributed by atoms with E-state index >= 15 is 0 Å². The molecule has 6 aliphatic rings. The van der Waals surface area contributed by atoms with E-state index < -0.39 is 22.2 Å². The van der Waals surface area contributed by atoms with Gasteiger partial charge in [0, 0.05) is 12.0 Å². The number of hydrogen-bond acceptors (Lipinski definition) is 4. The number of rotatable bonds is 7. The molecular formula is C31H47NO4. The first kappa shape index (κ1) is 25.1. The van der Waals surface area contributed by atoms with E-state index in [2.05, 4.69) is 38.7 Å². The van der Waals surface area contributed by atoms with E-state index in [1.54, 1.807) is 0 Å². The van der Waals surface area contributed by atoms with E-state index in [1.165, 1.54) is 19.3 Å². The van der Waals surface area contributed by atoms with Gasteiger partial charge in [-0.05, 0) is 87.1 Å². The predicted molar refractivity (Wildman–Crippen MR) is 139 cm³/mol. The third kappa shape index (κ3) is 2.91. The first-order chi connectivity index (χ1) is 17.3. The van der Waals surface area contributed by atoms with Crippen molar-refractivity contribution in [2.45, 2.75) is 97.7 Å². The summed E-state index contributed by atoms with van der Waals surface area (Å²) in [6.07, 6.45) is 13.2. The molecule has 2 aliphatic heterocycles. The topological polar surface area (TPSA) is 66.8 Å². The molecule has 0 spiro atoms. The quantitative estimate of drug-likeness (QED) is 0.367. The second kappa shape index (κ2) is 8.66. The van der Waals surface area contributed by atoms with Gasteiger partial charge in [-0.3, -0.25) is 4.79 Å². The van der Waals surface area contributed by atoms with Crippen LogP contribution in [0.1, 0.15) is 85.5 Å². The summed E-state index contributed by atoms with van der Waals surface area (Å²) in [4.78, 5) is 29.7. The lowest BCUT2D eigenvalue weighted by Crippen LogP contribution is -2.65. The summed E-state index contributed by atoms with van der Waals surface area (Å²) in [5, 5.41) is 11.3. The predicted octanol–water partition coefficient (Wildman–Crippen LogP) is 5.58. The van der Waals surface area contributed by atoms with Gasteiger partial charge in [-0.15, -0.1) is 0 Å². The molecule has 5 nitrogen and oxygen atoms in total. The van der Waals surface area contributed by atoms with Crippen LogP contribution in [0.25, 0.3) is 0 Å². The highest BCUT2D eigenvalue weighted by molar-refractivity contribution is 5.90. The molecule has 2 heterocycles. The molecule has 5 heteroatoms. The average molecular weight is 498 g/mol. The van der Waals surface area contributed by atoms with Gasteiger partial charge in [-0.25, -0.2) is 0 Å². The molecule has 200 valence electrons. The number of ether oxygens (including phenoxy) is 1. The van der Waals surface area contributed by atoms with Crippen molar-refractivity contribution in [3.8, 4) is 0 Å². The number of carbonyl (C=O) groups is 2. The summed E-state index contributed by atoms with van der Waals surface area (Å²) in [6, 6.07) is 0. The van der Waals surface area contributed by atoms with Crippen LogP contribution >= 0.6 is 0 Å². The molecule has 7 unspecified atom stereocenters. The van der Waals surface area contributed by atoms with Crippen molar-refractivity contribution < 1.29 is 19.4 Å². The highest BCUT2D eigenvalue weighted by atomic mass is 16.5. The second-order valence-corrected chi connectivity index (χ2v) is 13.8. The number of carboxylic acid groups (broad SMARTS) is 1. The number of carbonyl (C=O) groups excluding carboxylic acids is 1. The van der Waals surface area contributed by atoms with Crippen molar-refractivity contribution in [1.82, 2.24) is 4.90 Å². The van der Waals surface area contributed by atoms with Gasteiger partial charge in [0.2, 0.25) is 0 Å². The van der Waals surface area contributed by atoms with Crippen LogP contribution in [0.5, 0.6) is 0 Å². The Kier molecular flexibility index (Phi) is 6.04. The standard InChI is InChI=1S/C31H47NO4/c1-5-21-13-27(36-26(21)17-32-11-7-6-8-12-32)30-16-23-20(4)9-10-24(23)29(18-33)15-22(30)14-25(19(2)3)31(29,30)28(34)35/h14,18-24,26-27H,5-13,15-17H2,1-4H3,(H,34,35)/t20-,21?,22?,23-,24-,26?,27?,29?,30?,31?/m1/s1. The maximum atomic E-state index is 13.8. The van der Waals surface area contributed by atoms with E-state index in [-0.39, 0.29) is 30.0 Å².